The molecule has 0 aliphatic carbocycles. The number of nitrogens with zero attached hydrogens (tertiary/aromatic N) is 2. The fourth-order valence-electron chi connectivity index (χ4n) is 4.95. The summed E-state index contributed by atoms with van der Waals surface area (Å²) in [7, 11) is 0. The van der Waals surface area contributed by atoms with Gasteiger partial charge < -0.3 is 10.6 Å². The molecule has 2 rings (SSSR count). The van der Waals surface area contributed by atoms with E-state index < -0.39 is 34.0 Å². The molecule has 8 nitrogen and oxygen atoms in total. The largest absolute Gasteiger partial charge is 0.354 e. The summed E-state index contributed by atoms with van der Waals surface area (Å²) in [4.78, 5) is 25.2. The minimum atomic E-state index is -0.770. The monoisotopic (exact) mass is 396 g/mol. The third kappa shape index (κ3) is 3.92. The van der Waals surface area contributed by atoms with Crippen molar-refractivity contribution in [3.8, 4) is 0 Å². The second kappa shape index (κ2) is 7.23. The van der Waals surface area contributed by atoms with Gasteiger partial charge in [-0.05, 0) is 68.2 Å². The van der Waals surface area contributed by atoms with Crippen LogP contribution >= 0.6 is 0 Å². The van der Waals surface area contributed by atoms with Gasteiger partial charge in [0.1, 0.15) is 0 Å². The molecule has 0 aromatic rings. The summed E-state index contributed by atoms with van der Waals surface area (Å²) in [5, 5.41) is 32.6. The van der Waals surface area contributed by atoms with Crippen LogP contribution in [-0.2, 0) is 20.0 Å². The van der Waals surface area contributed by atoms with E-state index in [-0.39, 0.29) is 24.9 Å². The van der Waals surface area contributed by atoms with Crippen molar-refractivity contribution in [3.05, 3.63) is 0 Å². The van der Waals surface area contributed by atoms with Gasteiger partial charge in [0.25, 0.3) is 0 Å². The first kappa shape index (κ1) is 23.1. The van der Waals surface area contributed by atoms with Crippen LogP contribution in [0.3, 0.4) is 0 Å². The van der Waals surface area contributed by atoms with Crippen molar-refractivity contribution in [2.45, 2.75) is 90.4 Å². The molecule has 2 radical (unpaired) electrons. The van der Waals surface area contributed by atoms with Crippen LogP contribution in [0, 0.1) is 11.8 Å². The van der Waals surface area contributed by atoms with E-state index in [2.05, 4.69) is 10.6 Å². The molecule has 0 saturated carbocycles. The zero-order valence-electron chi connectivity index (χ0n) is 18.5. The Hall–Kier alpha value is -1.22. The summed E-state index contributed by atoms with van der Waals surface area (Å²) in [6, 6.07) is 0. The Morgan fingerprint density at radius 3 is 1.21 bits per heavy atom. The zero-order chi connectivity index (χ0) is 21.7. The summed E-state index contributed by atoms with van der Waals surface area (Å²) in [5.41, 5.74) is -2.70. The highest BCUT2D eigenvalue weighted by Gasteiger charge is 2.56. The zero-order valence-corrected chi connectivity index (χ0v) is 18.5. The molecular weight excluding hydrogens is 360 g/mol. The maximum absolute atomic E-state index is 12.6. The fourth-order valence-corrected chi connectivity index (χ4v) is 4.95. The number of carbonyl (C=O) groups is 2. The Morgan fingerprint density at radius 1 is 0.714 bits per heavy atom. The molecule has 2 saturated heterocycles. The first-order valence-electron chi connectivity index (χ1n) is 10.1. The third-order valence-electron chi connectivity index (χ3n) is 6.62. The highest BCUT2D eigenvalue weighted by atomic mass is 16.5. The molecule has 2 amide bonds. The van der Waals surface area contributed by atoms with Gasteiger partial charge in [0.15, 0.2) is 0 Å². The highest BCUT2D eigenvalue weighted by molar-refractivity contribution is 5.82. The predicted molar refractivity (Wildman–Crippen MR) is 104 cm³/mol. The van der Waals surface area contributed by atoms with Crippen molar-refractivity contribution in [3.63, 3.8) is 0 Å². The molecule has 2 fully saturated rings. The summed E-state index contributed by atoms with van der Waals surface area (Å²) < 4.78 is 0. The van der Waals surface area contributed by atoms with Gasteiger partial charge in [0.2, 0.25) is 11.8 Å². The lowest BCUT2D eigenvalue weighted by molar-refractivity contribution is -0.247. The molecule has 2 unspecified atom stereocenters. The maximum Gasteiger partial charge on any atom is 0.225 e. The van der Waals surface area contributed by atoms with E-state index in [4.69, 9.17) is 0 Å². The standard InChI is InChI=1S/C20H36N4O4/c1-17(2)11-13(19(5,6)23(17)27)15(25)21-9-10-22-16(26)14-12-18(3,4)24(28)20(14,7)8/h13-14H,9-12H2,1-8H3,(H,21,25)(H,22,26). The molecule has 8 heteroatoms. The molecule has 2 aliphatic rings. The van der Waals surface area contributed by atoms with Crippen molar-refractivity contribution < 1.29 is 20.0 Å². The minimum Gasteiger partial charge on any atom is -0.354 e. The second-order valence-electron chi connectivity index (χ2n) is 10.6. The summed E-state index contributed by atoms with van der Waals surface area (Å²) in [6.45, 7) is 15.1. The average Bonchev–Trinajstić information content (AvgIpc) is 2.85. The van der Waals surface area contributed by atoms with E-state index in [1.165, 1.54) is 0 Å². The van der Waals surface area contributed by atoms with Gasteiger partial charge in [-0.15, -0.1) is 20.5 Å². The molecule has 2 N–H and O–H groups in total. The van der Waals surface area contributed by atoms with Gasteiger partial charge in [0, 0.05) is 24.2 Å². The first-order valence-corrected chi connectivity index (χ1v) is 10.1. The number of hydroxylamine groups is 4. The maximum atomic E-state index is 12.6. The van der Waals surface area contributed by atoms with E-state index in [0.717, 1.165) is 10.1 Å². The average molecular weight is 397 g/mol. The molecule has 160 valence electrons. The van der Waals surface area contributed by atoms with Crippen LogP contribution in [0.25, 0.3) is 0 Å². The van der Waals surface area contributed by atoms with E-state index in [1.54, 1.807) is 27.7 Å². The molecule has 28 heavy (non-hydrogen) atoms. The van der Waals surface area contributed by atoms with Gasteiger partial charge in [-0.2, -0.15) is 0 Å². The summed E-state index contributed by atoms with van der Waals surface area (Å²) in [6.07, 6.45) is 0.985. The molecule has 0 aromatic heterocycles. The Balaban J connectivity index is 1.85. The van der Waals surface area contributed by atoms with E-state index >= 15 is 0 Å². The predicted octanol–water partition coefficient (Wildman–Crippen LogP) is 1.67. The summed E-state index contributed by atoms with van der Waals surface area (Å²) >= 11 is 0. The van der Waals surface area contributed by atoms with Crippen molar-refractivity contribution >= 4 is 11.8 Å². The van der Waals surface area contributed by atoms with Gasteiger partial charge in [0.05, 0.1) is 22.9 Å². The van der Waals surface area contributed by atoms with Crippen LogP contribution in [0.4, 0.5) is 0 Å². The molecule has 2 atom stereocenters. The lowest BCUT2D eigenvalue weighted by Gasteiger charge is -2.33. The fraction of sp³-hybridized carbons (Fsp3) is 0.900. The number of carbonyl (C=O) groups excluding carboxylic acids is 2. The molecule has 0 bridgehead atoms. The lowest BCUT2D eigenvalue weighted by atomic mass is 9.86. The minimum absolute atomic E-state index is 0.168. The second-order valence-corrected chi connectivity index (χ2v) is 10.6. The molecule has 2 heterocycles. The van der Waals surface area contributed by atoms with Crippen LogP contribution in [0.15, 0.2) is 0 Å². The highest BCUT2D eigenvalue weighted by Crippen LogP contribution is 2.44. The Labute approximate surface area is 168 Å². The van der Waals surface area contributed by atoms with Crippen LogP contribution < -0.4 is 10.6 Å². The van der Waals surface area contributed by atoms with Crippen molar-refractivity contribution in [2.75, 3.05) is 13.1 Å². The Kier molecular flexibility index (Phi) is 5.96. The van der Waals surface area contributed by atoms with E-state index in [0.29, 0.717) is 12.8 Å². The van der Waals surface area contributed by atoms with Crippen LogP contribution in [0.1, 0.15) is 68.2 Å². The Morgan fingerprint density at radius 2 is 1.00 bits per heavy atom. The third-order valence-corrected chi connectivity index (χ3v) is 6.62. The SMILES string of the molecule is CC1(C)CC(C(=O)NCCNC(=O)C2CC(C)(C)N([O])C2(C)C)C(C)(C)N1[O]. The number of amides is 2. The molecular formula is C20H36N4O4. The number of nitrogens with one attached hydrogen (secondary N) is 2. The quantitative estimate of drug-likeness (QED) is 0.690. The lowest BCUT2D eigenvalue weighted by Crippen LogP contribution is -2.50. The number of rotatable bonds is 5. The number of hydrogen-bond acceptors (Lipinski definition) is 4. The topological polar surface area (TPSA) is 104 Å². The van der Waals surface area contributed by atoms with Gasteiger partial charge >= 0.3 is 0 Å². The van der Waals surface area contributed by atoms with Crippen LogP contribution in [0.2, 0.25) is 0 Å². The van der Waals surface area contributed by atoms with Gasteiger partial charge in [-0.3, -0.25) is 9.59 Å². The van der Waals surface area contributed by atoms with Crippen LogP contribution in [-0.4, -0.2) is 57.2 Å². The van der Waals surface area contributed by atoms with E-state index in [1.807, 2.05) is 27.7 Å². The molecule has 2 aliphatic heterocycles. The van der Waals surface area contributed by atoms with Crippen LogP contribution in [0.5, 0.6) is 0 Å². The van der Waals surface area contributed by atoms with E-state index in [9.17, 15) is 20.0 Å². The smallest absolute Gasteiger partial charge is 0.225 e. The van der Waals surface area contributed by atoms with Crippen molar-refractivity contribution in [2.24, 2.45) is 11.8 Å². The Bertz CT molecular complexity index is 576. The molecule has 0 spiro atoms. The van der Waals surface area contributed by atoms with Gasteiger partial charge in [-0.1, -0.05) is 0 Å². The van der Waals surface area contributed by atoms with Crippen molar-refractivity contribution in [1.82, 2.24) is 20.8 Å². The first-order chi connectivity index (χ1) is 12.5. The van der Waals surface area contributed by atoms with Crippen molar-refractivity contribution in [1.29, 1.82) is 0 Å². The summed E-state index contributed by atoms with van der Waals surface area (Å²) in [5.74, 6) is -1.14. The number of hydrogen-bond donors (Lipinski definition) is 2. The van der Waals surface area contributed by atoms with Gasteiger partial charge in [-0.25, -0.2) is 0 Å². The molecule has 0 aromatic carbocycles. The normalized spacial score (nSPS) is 30.9.